The Bertz CT molecular complexity index is 307. The number of nitrogens with zero attached hydrogens (tertiary/aromatic N) is 1. The molecule has 0 aliphatic carbocycles. The molecule has 0 amide bonds. The molecule has 0 atom stereocenters. The minimum absolute atomic E-state index is 0.880. The van der Waals surface area contributed by atoms with E-state index in [2.05, 4.69) is 29.5 Å². The van der Waals surface area contributed by atoms with Gasteiger partial charge >= 0.3 is 0 Å². The van der Waals surface area contributed by atoms with Crippen molar-refractivity contribution in [2.24, 2.45) is 0 Å². The molecule has 0 saturated carbocycles. The average molecular weight is 254 g/mol. The standard InChI is InChI=1S/C14H26N2S/c1-3-4-5-6-7-8-9-10-11-13-14(17)16-12(2)15-13/h17H,3-11H2,1-2H3,(H,15,16). The van der Waals surface area contributed by atoms with E-state index in [1.165, 1.54) is 57.1 Å². The van der Waals surface area contributed by atoms with Crippen LogP contribution < -0.4 is 0 Å². The highest BCUT2D eigenvalue weighted by atomic mass is 32.1. The molecule has 1 aromatic rings. The van der Waals surface area contributed by atoms with Crippen LogP contribution in [0.3, 0.4) is 0 Å². The Morgan fingerprint density at radius 1 is 1.00 bits per heavy atom. The number of thiol groups is 1. The summed E-state index contributed by atoms with van der Waals surface area (Å²) in [7, 11) is 0. The normalized spacial score (nSPS) is 11.0. The summed E-state index contributed by atoms with van der Waals surface area (Å²) in [5.41, 5.74) is 1.21. The van der Waals surface area contributed by atoms with Crippen LogP contribution in [0.1, 0.15) is 69.8 Å². The molecule has 0 unspecified atom stereocenters. The third-order valence-electron chi connectivity index (χ3n) is 3.16. The van der Waals surface area contributed by atoms with E-state index in [4.69, 9.17) is 0 Å². The molecule has 0 aliphatic heterocycles. The Hall–Kier alpha value is -0.440. The van der Waals surface area contributed by atoms with Crippen molar-refractivity contribution in [2.45, 2.75) is 76.7 Å². The fourth-order valence-corrected chi connectivity index (χ4v) is 2.46. The summed E-state index contributed by atoms with van der Waals surface area (Å²) in [6.07, 6.45) is 12.0. The molecule has 98 valence electrons. The van der Waals surface area contributed by atoms with E-state index >= 15 is 0 Å². The molecular weight excluding hydrogens is 228 g/mol. The zero-order valence-corrected chi connectivity index (χ0v) is 12.2. The van der Waals surface area contributed by atoms with Gasteiger partial charge in [-0.1, -0.05) is 51.9 Å². The van der Waals surface area contributed by atoms with E-state index in [1.807, 2.05) is 6.92 Å². The summed E-state index contributed by atoms with van der Waals surface area (Å²) < 4.78 is 0. The summed E-state index contributed by atoms with van der Waals surface area (Å²) in [6.45, 7) is 4.25. The fourth-order valence-electron chi connectivity index (χ4n) is 2.14. The molecule has 0 radical (unpaired) electrons. The Labute approximate surface area is 111 Å². The second-order valence-electron chi connectivity index (χ2n) is 4.85. The predicted molar refractivity (Wildman–Crippen MR) is 76.9 cm³/mol. The summed E-state index contributed by atoms with van der Waals surface area (Å²) in [5, 5.41) is 0.880. The lowest BCUT2D eigenvalue weighted by Gasteiger charge is -2.01. The lowest BCUT2D eigenvalue weighted by atomic mass is 10.1. The zero-order chi connectivity index (χ0) is 12.5. The number of H-pyrrole nitrogens is 1. The quantitative estimate of drug-likeness (QED) is 0.486. The molecule has 17 heavy (non-hydrogen) atoms. The van der Waals surface area contributed by atoms with E-state index in [-0.39, 0.29) is 0 Å². The van der Waals surface area contributed by atoms with E-state index in [0.717, 1.165) is 17.3 Å². The van der Waals surface area contributed by atoms with Crippen LogP contribution in [-0.4, -0.2) is 9.97 Å². The molecule has 1 N–H and O–H groups in total. The number of hydrogen-bond acceptors (Lipinski definition) is 2. The first-order chi connectivity index (χ1) is 8.24. The van der Waals surface area contributed by atoms with Crippen LogP contribution in [0.25, 0.3) is 0 Å². The molecule has 1 aromatic heterocycles. The number of rotatable bonds is 9. The first kappa shape index (κ1) is 14.6. The molecule has 0 spiro atoms. The van der Waals surface area contributed by atoms with E-state index in [1.54, 1.807) is 0 Å². The molecule has 1 heterocycles. The van der Waals surface area contributed by atoms with E-state index in [0.29, 0.717) is 0 Å². The van der Waals surface area contributed by atoms with Gasteiger partial charge in [0.25, 0.3) is 0 Å². The fraction of sp³-hybridized carbons (Fsp3) is 0.786. The molecule has 0 aromatic carbocycles. The SMILES string of the molecule is CCCCCCCCCCc1[nH]c(C)nc1S. The lowest BCUT2D eigenvalue weighted by molar-refractivity contribution is 0.573. The number of aryl methyl sites for hydroxylation is 2. The van der Waals surface area contributed by atoms with Crippen molar-refractivity contribution in [3.63, 3.8) is 0 Å². The Kier molecular flexibility index (Phi) is 7.41. The molecule has 3 heteroatoms. The number of aromatic amines is 1. The second-order valence-corrected chi connectivity index (χ2v) is 5.27. The van der Waals surface area contributed by atoms with Crippen molar-refractivity contribution in [1.82, 2.24) is 9.97 Å². The number of unbranched alkanes of at least 4 members (excludes halogenated alkanes) is 7. The second kappa shape index (κ2) is 8.62. The Morgan fingerprint density at radius 3 is 2.12 bits per heavy atom. The minimum Gasteiger partial charge on any atom is -0.345 e. The number of nitrogens with one attached hydrogen (secondary N) is 1. The van der Waals surface area contributed by atoms with Crippen LogP contribution in [-0.2, 0) is 6.42 Å². The summed E-state index contributed by atoms with van der Waals surface area (Å²) >= 11 is 4.36. The van der Waals surface area contributed by atoms with Crippen LogP contribution in [0.15, 0.2) is 5.03 Å². The number of hydrogen-bond donors (Lipinski definition) is 2. The number of aromatic nitrogens is 2. The maximum Gasteiger partial charge on any atom is 0.114 e. The lowest BCUT2D eigenvalue weighted by Crippen LogP contribution is -1.88. The summed E-state index contributed by atoms with van der Waals surface area (Å²) in [6, 6.07) is 0. The van der Waals surface area contributed by atoms with Crippen LogP contribution >= 0.6 is 12.6 Å². The minimum atomic E-state index is 0.880. The van der Waals surface area contributed by atoms with Gasteiger partial charge in [0.05, 0.1) is 0 Å². The van der Waals surface area contributed by atoms with Gasteiger partial charge in [-0.15, -0.1) is 12.6 Å². The highest BCUT2D eigenvalue weighted by molar-refractivity contribution is 7.80. The van der Waals surface area contributed by atoms with Gasteiger partial charge in [-0.05, 0) is 19.8 Å². The van der Waals surface area contributed by atoms with Crippen LogP contribution in [0.4, 0.5) is 0 Å². The molecular formula is C14H26N2S. The molecule has 1 rings (SSSR count). The van der Waals surface area contributed by atoms with Gasteiger partial charge in [-0.2, -0.15) is 0 Å². The van der Waals surface area contributed by atoms with Crippen molar-refractivity contribution in [2.75, 3.05) is 0 Å². The highest BCUT2D eigenvalue weighted by Gasteiger charge is 2.03. The van der Waals surface area contributed by atoms with Crippen molar-refractivity contribution >= 4 is 12.6 Å². The first-order valence-corrected chi connectivity index (χ1v) is 7.43. The van der Waals surface area contributed by atoms with Gasteiger partial charge < -0.3 is 4.98 Å². The molecule has 2 nitrogen and oxygen atoms in total. The van der Waals surface area contributed by atoms with Crippen LogP contribution in [0, 0.1) is 6.92 Å². The molecule has 0 aliphatic rings. The van der Waals surface area contributed by atoms with Crippen LogP contribution in [0.5, 0.6) is 0 Å². The molecule has 0 fully saturated rings. The monoisotopic (exact) mass is 254 g/mol. The predicted octanol–water partition coefficient (Wildman–Crippen LogP) is 4.69. The largest absolute Gasteiger partial charge is 0.345 e. The third kappa shape index (κ3) is 6.16. The Morgan fingerprint density at radius 2 is 1.59 bits per heavy atom. The maximum atomic E-state index is 4.36. The van der Waals surface area contributed by atoms with Gasteiger partial charge in [0, 0.05) is 5.69 Å². The van der Waals surface area contributed by atoms with Crippen molar-refractivity contribution in [1.29, 1.82) is 0 Å². The van der Waals surface area contributed by atoms with Gasteiger partial charge in [-0.3, -0.25) is 0 Å². The van der Waals surface area contributed by atoms with Crippen molar-refractivity contribution in [3.8, 4) is 0 Å². The van der Waals surface area contributed by atoms with Crippen molar-refractivity contribution in [3.05, 3.63) is 11.5 Å². The third-order valence-corrected chi connectivity index (χ3v) is 3.53. The first-order valence-electron chi connectivity index (χ1n) is 6.98. The van der Waals surface area contributed by atoms with E-state index < -0.39 is 0 Å². The van der Waals surface area contributed by atoms with Gasteiger partial charge in [0.2, 0.25) is 0 Å². The average Bonchev–Trinajstić information content (AvgIpc) is 2.61. The summed E-state index contributed by atoms with van der Waals surface area (Å²) in [5.74, 6) is 0.976. The van der Waals surface area contributed by atoms with Gasteiger partial charge in [0.15, 0.2) is 0 Å². The highest BCUT2D eigenvalue weighted by Crippen LogP contribution is 2.15. The molecule has 0 bridgehead atoms. The smallest absolute Gasteiger partial charge is 0.114 e. The number of imidazole rings is 1. The molecule has 0 saturated heterocycles. The van der Waals surface area contributed by atoms with Crippen LogP contribution in [0.2, 0.25) is 0 Å². The van der Waals surface area contributed by atoms with E-state index in [9.17, 15) is 0 Å². The van der Waals surface area contributed by atoms with Crippen molar-refractivity contribution < 1.29 is 0 Å². The summed E-state index contributed by atoms with van der Waals surface area (Å²) in [4.78, 5) is 7.54. The van der Waals surface area contributed by atoms with Gasteiger partial charge in [0.1, 0.15) is 10.9 Å². The Balaban J connectivity index is 1.99. The van der Waals surface area contributed by atoms with Gasteiger partial charge in [-0.25, -0.2) is 4.98 Å². The topological polar surface area (TPSA) is 28.7 Å². The zero-order valence-electron chi connectivity index (χ0n) is 11.3. The maximum absolute atomic E-state index is 4.36.